The molecule has 0 saturated carbocycles. The van der Waals surface area contributed by atoms with Crippen LogP contribution in [-0.4, -0.2) is 22.6 Å². The number of aromatic amines is 1. The summed E-state index contributed by atoms with van der Waals surface area (Å²) in [5.41, 5.74) is 0.487. The van der Waals surface area contributed by atoms with E-state index in [-0.39, 0.29) is 18.2 Å². The highest BCUT2D eigenvalue weighted by molar-refractivity contribution is 9.10. The molecular formula is C16H11BrFN3O3. The maximum absolute atomic E-state index is 13.3. The van der Waals surface area contributed by atoms with Crippen LogP contribution in [-0.2, 0) is 4.79 Å². The number of halogens is 2. The molecule has 0 unspecified atom stereocenters. The van der Waals surface area contributed by atoms with Gasteiger partial charge in [0.15, 0.2) is 12.3 Å². The Balaban J connectivity index is 1.72. The van der Waals surface area contributed by atoms with Gasteiger partial charge in [0.25, 0.3) is 0 Å². The third kappa shape index (κ3) is 3.60. The van der Waals surface area contributed by atoms with Crippen molar-refractivity contribution in [3.63, 3.8) is 0 Å². The first-order valence-corrected chi connectivity index (χ1v) is 7.65. The number of ether oxygens (including phenoxy) is 1. The lowest BCUT2D eigenvalue weighted by Gasteiger charge is -2.02. The first-order valence-electron chi connectivity index (χ1n) is 6.86. The van der Waals surface area contributed by atoms with Crippen molar-refractivity contribution in [3.8, 4) is 11.6 Å². The van der Waals surface area contributed by atoms with Gasteiger partial charge in [-0.3, -0.25) is 4.79 Å². The topological polar surface area (TPSA) is 87.0 Å². The summed E-state index contributed by atoms with van der Waals surface area (Å²) in [4.78, 5) is 14.4. The molecule has 0 bridgehead atoms. The van der Waals surface area contributed by atoms with Crippen LogP contribution < -0.4 is 4.74 Å². The number of rotatable bonds is 4. The monoisotopic (exact) mass is 391 g/mol. The predicted molar refractivity (Wildman–Crippen MR) is 89.1 cm³/mol. The smallest absolute Gasteiger partial charge is 0.302 e. The molecule has 8 heteroatoms. The molecule has 0 aliphatic heterocycles. The predicted octanol–water partition coefficient (Wildman–Crippen LogP) is 4.46. The highest BCUT2D eigenvalue weighted by Crippen LogP contribution is 2.35. The lowest BCUT2D eigenvalue weighted by molar-refractivity contribution is -0.120. The average Bonchev–Trinajstić information content (AvgIpc) is 2.86. The molecule has 0 radical (unpaired) electrons. The van der Waals surface area contributed by atoms with Crippen molar-refractivity contribution in [1.82, 2.24) is 4.98 Å². The Bertz CT molecular complexity index is 939. The van der Waals surface area contributed by atoms with E-state index in [0.717, 1.165) is 4.47 Å². The van der Waals surface area contributed by atoms with Gasteiger partial charge >= 0.3 is 5.91 Å². The Labute approximate surface area is 144 Å². The van der Waals surface area contributed by atoms with Gasteiger partial charge in [0.2, 0.25) is 5.88 Å². The Kier molecular flexibility index (Phi) is 4.57. The van der Waals surface area contributed by atoms with Gasteiger partial charge in [-0.15, -0.1) is 10.2 Å². The van der Waals surface area contributed by atoms with Crippen LogP contribution in [0.15, 0.2) is 57.2 Å². The number of fused-ring (bicyclic) bond motifs is 1. The van der Waals surface area contributed by atoms with Crippen LogP contribution in [0.2, 0.25) is 0 Å². The molecule has 0 spiro atoms. The maximum Gasteiger partial charge on any atom is 0.302 e. The van der Waals surface area contributed by atoms with E-state index in [4.69, 9.17) is 4.74 Å². The van der Waals surface area contributed by atoms with Crippen LogP contribution in [0.4, 0.5) is 10.1 Å². The van der Waals surface area contributed by atoms with Crippen LogP contribution in [0.1, 0.15) is 0 Å². The molecule has 2 aromatic carbocycles. The Morgan fingerprint density at radius 2 is 2.12 bits per heavy atom. The standard InChI is InChI=1S/C16H11BrFN3O3/c17-9-2-1-3-11(6-9)24-8-14(22)20-21-15-12-7-10(18)4-5-13(12)19-16(15)23/h1-7,19,23H,8H2. The normalized spacial score (nSPS) is 11.2. The van der Waals surface area contributed by atoms with Gasteiger partial charge in [0.1, 0.15) is 11.6 Å². The molecule has 0 aliphatic rings. The van der Waals surface area contributed by atoms with E-state index in [1.165, 1.54) is 18.2 Å². The second-order valence-electron chi connectivity index (χ2n) is 4.85. The van der Waals surface area contributed by atoms with E-state index in [9.17, 15) is 14.3 Å². The van der Waals surface area contributed by atoms with Crippen LogP contribution in [0.3, 0.4) is 0 Å². The Morgan fingerprint density at radius 3 is 2.92 bits per heavy atom. The Hall–Kier alpha value is -2.74. The number of hydrogen-bond acceptors (Lipinski definition) is 4. The quantitative estimate of drug-likeness (QED) is 0.643. The summed E-state index contributed by atoms with van der Waals surface area (Å²) in [5, 5.41) is 17.3. The van der Waals surface area contributed by atoms with Crippen LogP contribution >= 0.6 is 15.9 Å². The van der Waals surface area contributed by atoms with E-state index < -0.39 is 11.7 Å². The number of carbonyl (C=O) groups is 1. The fourth-order valence-electron chi connectivity index (χ4n) is 2.07. The second-order valence-corrected chi connectivity index (χ2v) is 5.77. The maximum atomic E-state index is 13.3. The summed E-state index contributed by atoms with van der Waals surface area (Å²) in [6.45, 7) is -0.308. The molecule has 1 aromatic heterocycles. The molecule has 0 atom stereocenters. The summed E-state index contributed by atoms with van der Waals surface area (Å²) in [6, 6.07) is 10.9. The van der Waals surface area contributed by atoms with Crippen molar-refractivity contribution in [2.24, 2.45) is 10.2 Å². The fourth-order valence-corrected chi connectivity index (χ4v) is 2.45. The first kappa shape index (κ1) is 16.1. The SMILES string of the molecule is O=C(COc1cccc(Br)c1)N=Nc1c(O)[nH]c2ccc(F)cc12. The highest BCUT2D eigenvalue weighted by atomic mass is 79.9. The molecule has 0 fully saturated rings. The zero-order valence-corrected chi connectivity index (χ0v) is 13.7. The van der Waals surface area contributed by atoms with Crippen molar-refractivity contribution < 1.29 is 19.0 Å². The number of nitrogens with zero attached hydrogens (tertiary/aromatic N) is 2. The van der Waals surface area contributed by atoms with Crippen molar-refractivity contribution >= 4 is 38.4 Å². The number of hydrogen-bond donors (Lipinski definition) is 2. The number of H-pyrrole nitrogens is 1. The summed E-state index contributed by atoms with van der Waals surface area (Å²) >= 11 is 3.29. The Morgan fingerprint density at radius 1 is 1.29 bits per heavy atom. The van der Waals surface area contributed by atoms with Gasteiger partial charge in [-0.05, 0) is 36.4 Å². The molecule has 0 aliphatic carbocycles. The van der Waals surface area contributed by atoms with E-state index in [1.807, 2.05) is 6.07 Å². The summed E-state index contributed by atoms with van der Waals surface area (Å²) in [7, 11) is 0. The van der Waals surface area contributed by atoms with E-state index >= 15 is 0 Å². The average molecular weight is 392 g/mol. The lowest BCUT2D eigenvalue weighted by atomic mass is 10.2. The van der Waals surface area contributed by atoms with Gasteiger partial charge in [-0.2, -0.15) is 0 Å². The molecule has 6 nitrogen and oxygen atoms in total. The minimum atomic E-state index is -0.639. The van der Waals surface area contributed by atoms with Gasteiger partial charge in [-0.25, -0.2) is 4.39 Å². The van der Waals surface area contributed by atoms with E-state index in [0.29, 0.717) is 16.7 Å². The fraction of sp³-hybridized carbons (Fsp3) is 0.0625. The van der Waals surface area contributed by atoms with E-state index in [2.05, 4.69) is 31.1 Å². The number of amides is 1. The molecule has 24 heavy (non-hydrogen) atoms. The summed E-state index contributed by atoms with van der Waals surface area (Å²) < 4.78 is 19.4. The number of aromatic hydroxyl groups is 1. The lowest BCUT2D eigenvalue weighted by Crippen LogP contribution is -2.07. The molecule has 0 saturated heterocycles. The first-order chi connectivity index (χ1) is 11.5. The van der Waals surface area contributed by atoms with Crippen molar-refractivity contribution in [3.05, 3.63) is 52.8 Å². The van der Waals surface area contributed by atoms with Crippen molar-refractivity contribution in [2.75, 3.05) is 6.61 Å². The summed E-state index contributed by atoms with van der Waals surface area (Å²) in [5.74, 6) is -0.910. The molecule has 3 aromatic rings. The minimum absolute atomic E-state index is 0.000283. The third-order valence-electron chi connectivity index (χ3n) is 3.13. The van der Waals surface area contributed by atoms with Crippen LogP contribution in [0, 0.1) is 5.82 Å². The largest absolute Gasteiger partial charge is 0.493 e. The molecule has 1 amide bonds. The number of benzene rings is 2. The van der Waals surface area contributed by atoms with Crippen LogP contribution in [0.25, 0.3) is 10.9 Å². The molecule has 3 rings (SSSR count). The molecule has 1 heterocycles. The second kappa shape index (κ2) is 6.79. The van der Waals surface area contributed by atoms with Crippen molar-refractivity contribution in [2.45, 2.75) is 0 Å². The minimum Gasteiger partial charge on any atom is -0.493 e. The number of nitrogens with one attached hydrogen (secondary N) is 1. The molecular weight excluding hydrogens is 381 g/mol. The van der Waals surface area contributed by atoms with Gasteiger partial charge < -0.3 is 14.8 Å². The van der Waals surface area contributed by atoms with Gasteiger partial charge in [-0.1, -0.05) is 22.0 Å². The number of azo groups is 1. The zero-order valence-electron chi connectivity index (χ0n) is 12.2. The molecule has 2 N–H and O–H groups in total. The zero-order chi connectivity index (χ0) is 17.1. The molecule has 122 valence electrons. The number of carbonyl (C=O) groups excluding carboxylic acids is 1. The highest BCUT2D eigenvalue weighted by Gasteiger charge is 2.12. The van der Waals surface area contributed by atoms with Gasteiger partial charge in [0.05, 0.1) is 5.52 Å². The van der Waals surface area contributed by atoms with Crippen molar-refractivity contribution in [1.29, 1.82) is 0 Å². The van der Waals surface area contributed by atoms with E-state index in [1.54, 1.807) is 18.2 Å². The summed E-state index contributed by atoms with van der Waals surface area (Å²) in [6.07, 6.45) is 0. The third-order valence-corrected chi connectivity index (χ3v) is 3.63. The van der Waals surface area contributed by atoms with Gasteiger partial charge in [0, 0.05) is 9.86 Å². The number of aromatic nitrogens is 1. The van der Waals surface area contributed by atoms with Crippen LogP contribution in [0.5, 0.6) is 11.6 Å².